The summed E-state index contributed by atoms with van der Waals surface area (Å²) in [5, 5.41) is 2.78. The molecule has 0 spiro atoms. The molecule has 6 rings (SSSR count). The highest BCUT2D eigenvalue weighted by molar-refractivity contribution is 7.52. The number of rotatable bonds is 7. The van der Waals surface area contributed by atoms with Crippen LogP contribution in [0.15, 0.2) is 84.9 Å². The average molecular weight is 694 g/mol. The van der Waals surface area contributed by atoms with Crippen LogP contribution in [-0.2, 0) is 19.8 Å². The van der Waals surface area contributed by atoms with Gasteiger partial charge in [-0.25, -0.2) is 0 Å². The molecular formula is C34H34F2N5O7P. The first-order valence-corrected chi connectivity index (χ1v) is 17.2. The molecule has 4 amide bonds. The van der Waals surface area contributed by atoms with E-state index in [1.54, 1.807) is 61.6 Å². The summed E-state index contributed by atoms with van der Waals surface area (Å²) in [5.41, 5.74) is -4.21. The van der Waals surface area contributed by atoms with Crippen molar-refractivity contribution in [3.05, 3.63) is 102 Å². The Hall–Kier alpha value is -4.91. The lowest BCUT2D eigenvalue weighted by Gasteiger charge is -2.39. The maximum atomic E-state index is 14.4. The zero-order valence-corrected chi connectivity index (χ0v) is 27.2. The summed E-state index contributed by atoms with van der Waals surface area (Å²) in [5.74, 6) is -1.95. The van der Waals surface area contributed by atoms with Gasteiger partial charge in [-0.2, -0.15) is 8.78 Å². The highest BCUT2D eigenvalue weighted by atomic mass is 31.2. The van der Waals surface area contributed by atoms with Crippen molar-refractivity contribution in [2.45, 2.75) is 43.1 Å². The van der Waals surface area contributed by atoms with Crippen LogP contribution in [0.5, 0.6) is 0 Å². The summed E-state index contributed by atoms with van der Waals surface area (Å²) in [6.07, 6.45) is 1.33. The molecule has 2 saturated heterocycles. The molecule has 2 aliphatic rings. The summed E-state index contributed by atoms with van der Waals surface area (Å²) in [4.78, 5) is 81.0. The third-order valence-electron chi connectivity index (χ3n) is 9.14. The lowest BCUT2D eigenvalue weighted by Crippen LogP contribution is -2.61. The second-order valence-electron chi connectivity index (χ2n) is 12.2. The Bertz CT molecular complexity index is 1950. The van der Waals surface area contributed by atoms with Crippen molar-refractivity contribution < 1.29 is 42.3 Å². The van der Waals surface area contributed by atoms with E-state index in [-0.39, 0.29) is 47.5 Å². The first kappa shape index (κ1) is 34.0. The van der Waals surface area contributed by atoms with Gasteiger partial charge < -0.3 is 34.8 Å². The van der Waals surface area contributed by atoms with Crippen molar-refractivity contribution in [2.24, 2.45) is 0 Å². The SMILES string of the molecule is CN(C(=O)[C@@H]1CC[C@@H]2CCN(C(=O)c3ccccc3)C[C@H](NC(=O)c3cc4cc(C(F)(F)P(=O)(O)O)ccc4[nH]3)C(=O)N21)c1ccccc1. The average Bonchev–Trinajstić information content (AvgIpc) is 3.72. The lowest BCUT2D eigenvalue weighted by atomic mass is 10.1. The molecule has 12 nitrogen and oxygen atoms in total. The smallest absolute Gasteiger partial charge is 0.351 e. The van der Waals surface area contributed by atoms with E-state index >= 15 is 0 Å². The molecule has 3 heterocycles. The molecule has 4 aromatic rings. The van der Waals surface area contributed by atoms with Crippen molar-refractivity contribution in [1.29, 1.82) is 0 Å². The van der Waals surface area contributed by atoms with Crippen LogP contribution in [0.2, 0.25) is 0 Å². The predicted molar refractivity (Wildman–Crippen MR) is 176 cm³/mol. The van der Waals surface area contributed by atoms with Gasteiger partial charge in [0.25, 0.3) is 11.8 Å². The Morgan fingerprint density at radius 2 is 1.63 bits per heavy atom. The molecule has 0 unspecified atom stereocenters. The fraction of sp³-hybridized carbons (Fsp3) is 0.294. The van der Waals surface area contributed by atoms with Crippen LogP contribution in [0.3, 0.4) is 0 Å². The molecule has 4 N–H and O–H groups in total. The first-order chi connectivity index (χ1) is 23.3. The third kappa shape index (κ3) is 6.59. The minimum atomic E-state index is -5.83. The summed E-state index contributed by atoms with van der Waals surface area (Å²) in [6.45, 7) is 0.0583. The van der Waals surface area contributed by atoms with Crippen molar-refractivity contribution in [2.75, 3.05) is 25.0 Å². The number of nitrogens with zero attached hydrogens (tertiary/aromatic N) is 3. The molecule has 0 radical (unpaired) electrons. The number of aromatic amines is 1. The molecule has 3 atom stereocenters. The van der Waals surface area contributed by atoms with Gasteiger partial charge in [-0.1, -0.05) is 42.5 Å². The van der Waals surface area contributed by atoms with Crippen LogP contribution >= 0.6 is 7.60 Å². The Morgan fingerprint density at radius 1 is 0.959 bits per heavy atom. The van der Waals surface area contributed by atoms with Crippen molar-refractivity contribution >= 4 is 47.8 Å². The van der Waals surface area contributed by atoms with E-state index in [0.717, 1.165) is 12.1 Å². The van der Waals surface area contributed by atoms with Crippen molar-refractivity contribution in [3.8, 4) is 0 Å². The molecule has 0 saturated carbocycles. The van der Waals surface area contributed by atoms with E-state index in [0.29, 0.717) is 30.5 Å². The topological polar surface area (TPSA) is 163 Å². The Kier molecular flexibility index (Phi) is 9.14. The van der Waals surface area contributed by atoms with E-state index in [1.807, 2.05) is 6.07 Å². The molecule has 256 valence electrons. The van der Waals surface area contributed by atoms with Gasteiger partial charge in [0.1, 0.15) is 17.8 Å². The zero-order valence-electron chi connectivity index (χ0n) is 26.3. The van der Waals surface area contributed by atoms with Gasteiger partial charge in [0, 0.05) is 47.4 Å². The number of fused-ring (bicyclic) bond motifs is 2. The summed E-state index contributed by atoms with van der Waals surface area (Å²) >= 11 is 0. The minimum absolute atomic E-state index is 0.0786. The number of hydrogen-bond donors (Lipinski definition) is 4. The number of H-pyrrole nitrogens is 1. The van der Waals surface area contributed by atoms with Crippen molar-refractivity contribution in [1.82, 2.24) is 20.1 Å². The largest absolute Gasteiger partial charge is 0.399 e. The number of likely N-dealkylation sites (N-methyl/N-ethyl adjacent to an activating group) is 1. The molecular weight excluding hydrogens is 659 g/mol. The zero-order chi connectivity index (χ0) is 35.1. The van der Waals surface area contributed by atoms with Gasteiger partial charge in [0.2, 0.25) is 11.8 Å². The van der Waals surface area contributed by atoms with E-state index < -0.39 is 42.7 Å². The highest BCUT2D eigenvalue weighted by Gasteiger charge is 2.50. The van der Waals surface area contributed by atoms with Gasteiger partial charge in [-0.05, 0) is 61.7 Å². The number of aromatic nitrogens is 1. The standard InChI is InChI=1S/C34H34F2N5O7P/c1-39(24-10-6-3-7-11-24)33(45)29-15-13-25-16-17-40(31(43)21-8-4-2-5-9-21)20-28(32(44)41(25)29)38-30(42)27-19-22-18-23(12-14-26(22)37-27)34(35,36)49(46,47)48/h2-12,14,18-19,25,28-29,37H,13,15-17,20H2,1H3,(H,38,42)(H2,46,47,48)/t25-,28+,29+/m1/s1. The number of carbonyl (C=O) groups is 4. The number of alkyl halides is 2. The molecule has 49 heavy (non-hydrogen) atoms. The van der Waals surface area contributed by atoms with Gasteiger partial charge in [-0.15, -0.1) is 0 Å². The normalized spacial score (nSPS) is 20.0. The molecule has 1 aromatic heterocycles. The number of hydrogen-bond acceptors (Lipinski definition) is 5. The number of para-hydroxylation sites is 1. The lowest BCUT2D eigenvalue weighted by molar-refractivity contribution is -0.142. The maximum Gasteiger partial charge on any atom is 0.399 e. The van der Waals surface area contributed by atoms with Crippen LogP contribution in [0.1, 0.15) is 45.7 Å². The monoisotopic (exact) mass is 693 g/mol. The number of carbonyl (C=O) groups excluding carboxylic acids is 4. The number of halogens is 2. The van der Waals surface area contributed by atoms with Gasteiger partial charge in [0.05, 0.1) is 6.54 Å². The molecule has 2 fully saturated rings. The van der Waals surface area contributed by atoms with Crippen LogP contribution in [0, 0.1) is 0 Å². The minimum Gasteiger partial charge on any atom is -0.351 e. The molecule has 15 heteroatoms. The Balaban J connectivity index is 1.30. The predicted octanol–water partition coefficient (Wildman–Crippen LogP) is 4.06. The van der Waals surface area contributed by atoms with Crippen LogP contribution < -0.4 is 10.2 Å². The Morgan fingerprint density at radius 3 is 2.31 bits per heavy atom. The number of amides is 4. The summed E-state index contributed by atoms with van der Waals surface area (Å²) in [6, 6.07) is 19.2. The quantitative estimate of drug-likeness (QED) is 0.212. The summed E-state index contributed by atoms with van der Waals surface area (Å²) in [7, 11) is -4.19. The molecule has 0 aliphatic carbocycles. The number of anilines is 1. The number of benzene rings is 3. The maximum absolute atomic E-state index is 14.4. The van der Waals surface area contributed by atoms with E-state index in [2.05, 4.69) is 10.3 Å². The van der Waals surface area contributed by atoms with Gasteiger partial charge in [0.15, 0.2) is 0 Å². The van der Waals surface area contributed by atoms with Crippen LogP contribution in [0.4, 0.5) is 14.5 Å². The van der Waals surface area contributed by atoms with Crippen LogP contribution in [0.25, 0.3) is 10.9 Å². The first-order valence-electron chi connectivity index (χ1n) is 15.6. The fourth-order valence-electron chi connectivity index (χ4n) is 6.52. The van der Waals surface area contributed by atoms with Gasteiger partial charge >= 0.3 is 13.3 Å². The van der Waals surface area contributed by atoms with Crippen molar-refractivity contribution in [3.63, 3.8) is 0 Å². The second kappa shape index (κ2) is 13.2. The summed E-state index contributed by atoms with van der Waals surface area (Å²) < 4.78 is 40.2. The number of nitrogens with one attached hydrogen (secondary N) is 2. The van der Waals surface area contributed by atoms with E-state index in [9.17, 15) is 32.5 Å². The third-order valence-corrected chi connectivity index (χ3v) is 10.1. The molecule has 0 bridgehead atoms. The van der Waals surface area contributed by atoms with E-state index in [4.69, 9.17) is 9.79 Å². The van der Waals surface area contributed by atoms with Crippen LogP contribution in [-0.4, -0.2) is 86.5 Å². The highest BCUT2D eigenvalue weighted by Crippen LogP contribution is 2.59. The van der Waals surface area contributed by atoms with E-state index in [1.165, 1.54) is 26.8 Å². The second-order valence-corrected chi connectivity index (χ2v) is 13.9. The Labute approximate surface area is 279 Å². The molecule has 2 aliphatic heterocycles. The van der Waals surface area contributed by atoms with Gasteiger partial charge in [-0.3, -0.25) is 23.7 Å². The fourth-order valence-corrected chi connectivity index (χ4v) is 7.00. The molecule has 3 aromatic carbocycles.